The fraction of sp³-hybridized carbons (Fsp3) is 0.533. The molecule has 1 saturated heterocycles. The van der Waals surface area contributed by atoms with Gasteiger partial charge >= 0.3 is 5.97 Å². The van der Waals surface area contributed by atoms with Crippen molar-refractivity contribution < 1.29 is 13.9 Å². The normalized spacial score (nSPS) is 19.3. The first-order valence-electron chi connectivity index (χ1n) is 7.22. The van der Waals surface area contributed by atoms with Gasteiger partial charge < -0.3 is 20.7 Å². The number of nitrogens with one attached hydrogen (secondary N) is 1. The molecule has 0 amide bonds. The van der Waals surface area contributed by atoms with Gasteiger partial charge in [0.15, 0.2) is 0 Å². The van der Waals surface area contributed by atoms with Crippen molar-refractivity contribution in [3.63, 3.8) is 0 Å². The highest BCUT2D eigenvalue weighted by molar-refractivity contribution is 5.96. The summed E-state index contributed by atoms with van der Waals surface area (Å²) in [4.78, 5) is 14.0. The predicted octanol–water partition coefficient (Wildman–Crippen LogP) is 2.09. The zero-order valence-electron chi connectivity index (χ0n) is 12.5. The molecule has 0 radical (unpaired) electrons. The zero-order chi connectivity index (χ0) is 15.4. The highest BCUT2D eigenvalue weighted by Gasteiger charge is 2.20. The quantitative estimate of drug-likeness (QED) is 0.657. The molecule has 0 aromatic heterocycles. The summed E-state index contributed by atoms with van der Waals surface area (Å²) in [6.45, 7) is 3.87. The van der Waals surface area contributed by atoms with E-state index in [1.165, 1.54) is 12.1 Å². The van der Waals surface area contributed by atoms with Crippen LogP contribution in [0.15, 0.2) is 12.1 Å². The molecule has 1 aliphatic rings. The van der Waals surface area contributed by atoms with Gasteiger partial charge in [0, 0.05) is 18.3 Å². The Bertz CT molecular complexity index is 522. The number of ether oxygens (including phenoxy) is 1. The molecule has 1 fully saturated rings. The van der Waals surface area contributed by atoms with Crippen molar-refractivity contribution in [2.75, 3.05) is 37.8 Å². The van der Waals surface area contributed by atoms with Crippen LogP contribution in [0.25, 0.3) is 0 Å². The number of nitrogens with zero attached hydrogens (tertiary/aromatic N) is 1. The summed E-state index contributed by atoms with van der Waals surface area (Å²) in [6.07, 6.45) is 2.04. The van der Waals surface area contributed by atoms with Crippen LogP contribution >= 0.6 is 0 Å². The van der Waals surface area contributed by atoms with E-state index >= 15 is 0 Å². The molecule has 1 aromatic rings. The van der Waals surface area contributed by atoms with Crippen LogP contribution in [-0.2, 0) is 4.74 Å². The van der Waals surface area contributed by atoms with Crippen molar-refractivity contribution in [1.82, 2.24) is 4.90 Å². The van der Waals surface area contributed by atoms with Crippen LogP contribution in [0.1, 0.15) is 30.1 Å². The number of anilines is 2. The molecule has 0 spiro atoms. The van der Waals surface area contributed by atoms with Gasteiger partial charge in [-0.3, -0.25) is 0 Å². The number of hydrogen-bond donors (Lipinski definition) is 2. The molecule has 0 bridgehead atoms. The monoisotopic (exact) mass is 295 g/mol. The minimum absolute atomic E-state index is 0.0947. The van der Waals surface area contributed by atoms with E-state index in [4.69, 9.17) is 10.5 Å². The average molecular weight is 295 g/mol. The van der Waals surface area contributed by atoms with Crippen LogP contribution in [0, 0.1) is 5.82 Å². The summed E-state index contributed by atoms with van der Waals surface area (Å²) in [5, 5.41) is 3.16. The number of nitrogens with two attached hydrogens (primary N) is 1. The molecule has 1 unspecified atom stereocenters. The SMILES string of the molecule is CCOC(=O)c1cc(NC2CCCN(C)C2)c(F)cc1N. The average Bonchev–Trinajstić information content (AvgIpc) is 2.42. The van der Waals surface area contributed by atoms with Gasteiger partial charge in [-0.05, 0) is 45.5 Å². The Hall–Kier alpha value is -1.82. The molecule has 1 aromatic carbocycles. The highest BCUT2D eigenvalue weighted by Crippen LogP contribution is 2.25. The van der Waals surface area contributed by atoms with Gasteiger partial charge in [0.05, 0.1) is 17.9 Å². The smallest absolute Gasteiger partial charge is 0.340 e. The van der Waals surface area contributed by atoms with Gasteiger partial charge in [0.2, 0.25) is 0 Å². The van der Waals surface area contributed by atoms with E-state index in [1.54, 1.807) is 6.92 Å². The minimum Gasteiger partial charge on any atom is -0.462 e. The summed E-state index contributed by atoms with van der Waals surface area (Å²) in [5.74, 6) is -0.979. The van der Waals surface area contributed by atoms with Crippen LogP contribution in [0.5, 0.6) is 0 Å². The van der Waals surface area contributed by atoms with Gasteiger partial charge in [-0.25, -0.2) is 9.18 Å². The number of likely N-dealkylation sites (N-methyl/N-ethyl adjacent to an activating group) is 1. The van der Waals surface area contributed by atoms with Crippen molar-refractivity contribution in [1.29, 1.82) is 0 Å². The lowest BCUT2D eigenvalue weighted by molar-refractivity contribution is 0.0527. The Morgan fingerprint density at radius 3 is 3.00 bits per heavy atom. The molecule has 21 heavy (non-hydrogen) atoms. The number of nitrogen functional groups attached to an aromatic ring is 1. The number of likely N-dealkylation sites (tertiary alicyclic amines) is 1. The van der Waals surface area contributed by atoms with Crippen LogP contribution < -0.4 is 11.1 Å². The number of carbonyl (C=O) groups excluding carboxylic acids is 1. The maximum Gasteiger partial charge on any atom is 0.340 e. The summed E-state index contributed by atoms with van der Waals surface area (Å²) < 4.78 is 19.0. The molecule has 0 aliphatic carbocycles. The molecule has 5 nitrogen and oxygen atoms in total. The molecule has 1 atom stereocenters. The van der Waals surface area contributed by atoms with E-state index < -0.39 is 11.8 Å². The molecule has 2 rings (SSSR count). The molecule has 3 N–H and O–H groups in total. The maximum absolute atomic E-state index is 14.0. The number of halogens is 1. The van der Waals surface area contributed by atoms with Gasteiger partial charge in [-0.1, -0.05) is 0 Å². The van der Waals surface area contributed by atoms with Crippen molar-refractivity contribution in [3.05, 3.63) is 23.5 Å². The Balaban J connectivity index is 2.18. The lowest BCUT2D eigenvalue weighted by atomic mass is 10.1. The fourth-order valence-electron chi connectivity index (χ4n) is 2.59. The van der Waals surface area contributed by atoms with Crippen molar-refractivity contribution in [2.24, 2.45) is 0 Å². The fourth-order valence-corrected chi connectivity index (χ4v) is 2.59. The van der Waals surface area contributed by atoms with E-state index in [0.29, 0.717) is 5.69 Å². The van der Waals surface area contributed by atoms with Gasteiger partial charge in [-0.2, -0.15) is 0 Å². The molecule has 1 heterocycles. The van der Waals surface area contributed by atoms with Crippen molar-refractivity contribution >= 4 is 17.3 Å². The van der Waals surface area contributed by atoms with Crippen LogP contribution in [-0.4, -0.2) is 43.7 Å². The predicted molar refractivity (Wildman–Crippen MR) is 80.9 cm³/mol. The van der Waals surface area contributed by atoms with E-state index in [9.17, 15) is 9.18 Å². The zero-order valence-corrected chi connectivity index (χ0v) is 12.5. The molecule has 1 aliphatic heterocycles. The van der Waals surface area contributed by atoms with E-state index in [0.717, 1.165) is 25.9 Å². The first-order chi connectivity index (χ1) is 10.0. The van der Waals surface area contributed by atoms with Gasteiger partial charge in [-0.15, -0.1) is 0 Å². The number of esters is 1. The number of benzene rings is 1. The van der Waals surface area contributed by atoms with Crippen molar-refractivity contribution in [2.45, 2.75) is 25.8 Å². The van der Waals surface area contributed by atoms with Crippen molar-refractivity contribution in [3.8, 4) is 0 Å². The third-order valence-corrected chi connectivity index (χ3v) is 3.62. The number of piperidine rings is 1. The molecule has 6 heteroatoms. The Kier molecular flexibility index (Phi) is 5.01. The molecular weight excluding hydrogens is 273 g/mol. The summed E-state index contributed by atoms with van der Waals surface area (Å²) in [6, 6.07) is 2.77. The maximum atomic E-state index is 14.0. The minimum atomic E-state index is -0.529. The first-order valence-corrected chi connectivity index (χ1v) is 7.22. The Morgan fingerprint density at radius 2 is 2.33 bits per heavy atom. The lowest BCUT2D eigenvalue weighted by Gasteiger charge is -2.31. The number of hydrogen-bond acceptors (Lipinski definition) is 5. The van der Waals surface area contributed by atoms with E-state index in [1.807, 2.05) is 7.05 Å². The van der Waals surface area contributed by atoms with Crippen LogP contribution in [0.4, 0.5) is 15.8 Å². The summed E-state index contributed by atoms with van der Waals surface area (Å²) >= 11 is 0. The standard InChI is InChI=1S/C15H22FN3O2/c1-3-21-15(20)11-7-14(12(16)8-13(11)17)18-10-5-4-6-19(2)9-10/h7-8,10,18H,3-6,9,17H2,1-2H3. The largest absolute Gasteiger partial charge is 0.462 e. The number of carbonyl (C=O) groups is 1. The third kappa shape index (κ3) is 3.85. The second-order valence-electron chi connectivity index (χ2n) is 5.39. The molecule has 116 valence electrons. The molecular formula is C15H22FN3O2. The van der Waals surface area contributed by atoms with Crippen LogP contribution in [0.2, 0.25) is 0 Å². The van der Waals surface area contributed by atoms with Gasteiger partial charge in [0.1, 0.15) is 5.82 Å². The molecule has 0 saturated carbocycles. The van der Waals surface area contributed by atoms with E-state index in [2.05, 4.69) is 10.2 Å². The third-order valence-electron chi connectivity index (χ3n) is 3.62. The summed E-state index contributed by atoms with van der Waals surface area (Å²) in [7, 11) is 2.04. The van der Waals surface area contributed by atoms with Crippen LogP contribution in [0.3, 0.4) is 0 Å². The van der Waals surface area contributed by atoms with Gasteiger partial charge in [0.25, 0.3) is 0 Å². The Labute approximate surface area is 124 Å². The topological polar surface area (TPSA) is 67.6 Å². The summed E-state index contributed by atoms with van der Waals surface area (Å²) in [5.41, 5.74) is 6.29. The Morgan fingerprint density at radius 1 is 1.57 bits per heavy atom. The second kappa shape index (κ2) is 6.76. The lowest BCUT2D eigenvalue weighted by Crippen LogP contribution is -2.39. The number of rotatable bonds is 4. The first kappa shape index (κ1) is 15.6. The van der Waals surface area contributed by atoms with E-state index in [-0.39, 0.29) is 23.9 Å². The second-order valence-corrected chi connectivity index (χ2v) is 5.39. The highest BCUT2D eigenvalue weighted by atomic mass is 19.1.